The second kappa shape index (κ2) is 6.79. The molecule has 0 amide bonds. The zero-order valence-corrected chi connectivity index (χ0v) is 10.1. The van der Waals surface area contributed by atoms with Crippen LogP contribution in [0.2, 0.25) is 0 Å². The summed E-state index contributed by atoms with van der Waals surface area (Å²) in [5.41, 5.74) is 0.981. The van der Waals surface area contributed by atoms with E-state index in [1.807, 2.05) is 0 Å². The van der Waals surface area contributed by atoms with Gasteiger partial charge in [0.05, 0.1) is 0 Å². The molecule has 7 heteroatoms. The van der Waals surface area contributed by atoms with Gasteiger partial charge < -0.3 is 14.6 Å². The van der Waals surface area contributed by atoms with Gasteiger partial charge in [0.1, 0.15) is 5.75 Å². The predicted octanol–water partition coefficient (Wildman–Crippen LogP) is 2.00. The van der Waals surface area contributed by atoms with Crippen LogP contribution in [0, 0.1) is 0 Å². The van der Waals surface area contributed by atoms with Gasteiger partial charge in [-0.1, -0.05) is 17.3 Å². The quantitative estimate of drug-likeness (QED) is 0.779. The van der Waals surface area contributed by atoms with Gasteiger partial charge in [0.25, 0.3) is 0 Å². The van der Waals surface area contributed by atoms with Crippen LogP contribution >= 0.6 is 0 Å². The first-order chi connectivity index (χ1) is 9.24. The van der Waals surface area contributed by atoms with Crippen molar-refractivity contribution >= 4 is 0 Å². The number of ether oxygens (including phenoxy) is 1. The lowest BCUT2D eigenvalue weighted by Gasteiger charge is -2.06. The second-order valence-corrected chi connectivity index (χ2v) is 3.80. The highest BCUT2D eigenvalue weighted by molar-refractivity contribution is 5.27. The molecular weight excluding hydrogens is 256 g/mol. The summed E-state index contributed by atoms with van der Waals surface area (Å²) < 4.78 is 32.8. The lowest BCUT2D eigenvalue weighted by molar-refractivity contribution is -0.0498. The number of alkyl halides is 2. The highest BCUT2D eigenvalue weighted by Crippen LogP contribution is 2.14. The molecule has 0 saturated carbocycles. The summed E-state index contributed by atoms with van der Waals surface area (Å²) >= 11 is 0. The van der Waals surface area contributed by atoms with Gasteiger partial charge in [0.15, 0.2) is 5.82 Å². The molecule has 0 atom stereocenters. The maximum atomic E-state index is 11.9. The third-order valence-electron chi connectivity index (χ3n) is 2.41. The van der Waals surface area contributed by atoms with Crippen LogP contribution in [0.25, 0.3) is 0 Å². The van der Waals surface area contributed by atoms with E-state index in [9.17, 15) is 8.78 Å². The Morgan fingerprint density at radius 1 is 1.26 bits per heavy atom. The van der Waals surface area contributed by atoms with Crippen molar-refractivity contribution in [3.8, 4) is 5.75 Å². The molecule has 0 aliphatic rings. The fourth-order valence-electron chi connectivity index (χ4n) is 1.52. The van der Waals surface area contributed by atoms with E-state index in [1.165, 1.54) is 18.5 Å². The SMILES string of the molecule is FC(F)Oc1ccc(CNCCc2ncon2)cc1. The number of halogens is 2. The number of hydrogen-bond donors (Lipinski definition) is 1. The van der Waals surface area contributed by atoms with Crippen LogP contribution in [-0.2, 0) is 13.0 Å². The van der Waals surface area contributed by atoms with E-state index in [1.54, 1.807) is 12.1 Å². The molecule has 2 rings (SSSR count). The Hall–Kier alpha value is -2.02. The Morgan fingerprint density at radius 2 is 2.05 bits per heavy atom. The van der Waals surface area contributed by atoms with Gasteiger partial charge in [-0.3, -0.25) is 0 Å². The van der Waals surface area contributed by atoms with E-state index in [4.69, 9.17) is 0 Å². The smallest absolute Gasteiger partial charge is 0.387 e. The molecule has 0 aliphatic carbocycles. The number of hydrogen-bond acceptors (Lipinski definition) is 5. The third-order valence-corrected chi connectivity index (χ3v) is 2.41. The minimum Gasteiger partial charge on any atom is -0.435 e. The Morgan fingerprint density at radius 3 is 2.68 bits per heavy atom. The molecule has 0 spiro atoms. The molecule has 102 valence electrons. The molecule has 0 fully saturated rings. The van der Waals surface area contributed by atoms with Gasteiger partial charge in [0.2, 0.25) is 6.39 Å². The third kappa shape index (κ3) is 4.63. The van der Waals surface area contributed by atoms with E-state index in [2.05, 4.69) is 24.7 Å². The number of benzene rings is 1. The summed E-state index contributed by atoms with van der Waals surface area (Å²) in [5, 5.41) is 6.88. The van der Waals surface area contributed by atoms with Crippen LogP contribution in [0.15, 0.2) is 35.2 Å². The number of nitrogens with zero attached hydrogens (tertiary/aromatic N) is 2. The maximum Gasteiger partial charge on any atom is 0.387 e. The van der Waals surface area contributed by atoms with Gasteiger partial charge in [-0.25, -0.2) is 0 Å². The lowest BCUT2D eigenvalue weighted by Crippen LogP contribution is -2.17. The topological polar surface area (TPSA) is 60.2 Å². The average molecular weight is 269 g/mol. The second-order valence-electron chi connectivity index (χ2n) is 3.80. The monoisotopic (exact) mass is 269 g/mol. The summed E-state index contributed by atoms with van der Waals surface area (Å²) in [4.78, 5) is 3.89. The Kier molecular flexibility index (Phi) is 4.79. The Balaban J connectivity index is 1.71. The minimum absolute atomic E-state index is 0.158. The van der Waals surface area contributed by atoms with Crippen molar-refractivity contribution in [3.63, 3.8) is 0 Å². The molecule has 2 aromatic rings. The molecule has 5 nitrogen and oxygen atoms in total. The maximum absolute atomic E-state index is 11.9. The number of aromatic nitrogens is 2. The van der Waals surface area contributed by atoms with E-state index >= 15 is 0 Å². The zero-order valence-electron chi connectivity index (χ0n) is 10.1. The van der Waals surface area contributed by atoms with Crippen LogP contribution in [0.3, 0.4) is 0 Å². The first-order valence-corrected chi connectivity index (χ1v) is 5.74. The average Bonchev–Trinajstić information content (AvgIpc) is 2.89. The van der Waals surface area contributed by atoms with Crippen LogP contribution in [0.5, 0.6) is 5.75 Å². The van der Waals surface area contributed by atoms with E-state index in [0.29, 0.717) is 25.3 Å². The fourth-order valence-corrected chi connectivity index (χ4v) is 1.52. The summed E-state index contributed by atoms with van der Waals surface area (Å²) in [6, 6.07) is 6.50. The lowest BCUT2D eigenvalue weighted by atomic mass is 10.2. The molecule has 0 saturated heterocycles. The molecular formula is C12H13F2N3O2. The first kappa shape index (κ1) is 13.4. The zero-order chi connectivity index (χ0) is 13.5. The van der Waals surface area contributed by atoms with Crippen molar-refractivity contribution in [2.45, 2.75) is 19.6 Å². The van der Waals surface area contributed by atoms with E-state index in [-0.39, 0.29) is 5.75 Å². The molecule has 1 aromatic carbocycles. The summed E-state index contributed by atoms with van der Waals surface area (Å²) in [6.45, 7) is -1.46. The van der Waals surface area contributed by atoms with Crippen molar-refractivity contribution in [1.29, 1.82) is 0 Å². The van der Waals surface area contributed by atoms with Gasteiger partial charge in [0, 0.05) is 19.5 Å². The van der Waals surface area contributed by atoms with E-state index < -0.39 is 6.61 Å². The van der Waals surface area contributed by atoms with Crippen LogP contribution in [0.1, 0.15) is 11.4 Å². The molecule has 0 unspecified atom stereocenters. The fraction of sp³-hybridized carbons (Fsp3) is 0.333. The Bertz CT molecular complexity index is 474. The summed E-state index contributed by atoms with van der Waals surface area (Å²) in [6.07, 6.45) is 1.96. The van der Waals surface area contributed by atoms with Crippen LogP contribution < -0.4 is 10.1 Å². The molecule has 1 aromatic heterocycles. The minimum atomic E-state index is -2.79. The van der Waals surface area contributed by atoms with E-state index in [0.717, 1.165) is 5.56 Å². The standard InChI is InChI=1S/C12H13F2N3O2/c13-12(14)19-10-3-1-9(2-4-10)7-15-6-5-11-16-8-18-17-11/h1-4,8,12,15H,5-7H2. The van der Waals surface area contributed by atoms with Crippen molar-refractivity contribution in [2.24, 2.45) is 0 Å². The highest BCUT2D eigenvalue weighted by atomic mass is 19.3. The predicted molar refractivity (Wildman–Crippen MR) is 62.8 cm³/mol. The first-order valence-electron chi connectivity index (χ1n) is 5.74. The molecule has 0 radical (unpaired) electrons. The molecule has 0 aliphatic heterocycles. The van der Waals surface area contributed by atoms with Crippen molar-refractivity contribution < 1.29 is 18.0 Å². The van der Waals surface area contributed by atoms with Gasteiger partial charge >= 0.3 is 6.61 Å². The van der Waals surface area contributed by atoms with Crippen LogP contribution in [-0.4, -0.2) is 23.3 Å². The summed E-state index contributed by atoms with van der Waals surface area (Å²) in [5.74, 6) is 0.804. The normalized spacial score (nSPS) is 10.9. The van der Waals surface area contributed by atoms with Crippen molar-refractivity contribution in [2.75, 3.05) is 6.54 Å². The van der Waals surface area contributed by atoms with Crippen molar-refractivity contribution in [1.82, 2.24) is 15.5 Å². The highest BCUT2D eigenvalue weighted by Gasteiger charge is 2.03. The van der Waals surface area contributed by atoms with Crippen LogP contribution in [0.4, 0.5) is 8.78 Å². The molecule has 1 heterocycles. The van der Waals surface area contributed by atoms with Gasteiger partial charge in [-0.2, -0.15) is 13.8 Å². The largest absolute Gasteiger partial charge is 0.435 e. The molecule has 0 bridgehead atoms. The van der Waals surface area contributed by atoms with Gasteiger partial charge in [-0.15, -0.1) is 0 Å². The molecule has 1 N–H and O–H groups in total. The summed E-state index contributed by atoms with van der Waals surface area (Å²) in [7, 11) is 0. The molecule has 19 heavy (non-hydrogen) atoms. The van der Waals surface area contributed by atoms with Gasteiger partial charge in [-0.05, 0) is 17.7 Å². The number of nitrogens with one attached hydrogen (secondary N) is 1. The van der Waals surface area contributed by atoms with Crippen molar-refractivity contribution in [3.05, 3.63) is 42.0 Å². The Labute approximate surface area is 108 Å². The number of rotatable bonds is 7.